The highest BCUT2D eigenvalue weighted by atomic mass is 32.2. The molecule has 2 rings (SSSR count). The van der Waals surface area contributed by atoms with E-state index in [0.29, 0.717) is 0 Å². The van der Waals surface area contributed by atoms with Crippen LogP contribution in [0.2, 0.25) is 0 Å². The Kier molecular flexibility index (Phi) is 2.66. The van der Waals surface area contributed by atoms with Gasteiger partial charge in [-0.05, 0) is 5.56 Å². The van der Waals surface area contributed by atoms with Crippen molar-refractivity contribution in [2.24, 2.45) is 10.9 Å². The van der Waals surface area contributed by atoms with Gasteiger partial charge < -0.3 is 11.2 Å². The van der Waals surface area contributed by atoms with Gasteiger partial charge in [0.15, 0.2) is 15.7 Å². The number of rotatable bonds is 3. The number of hydrogen-bond acceptors (Lipinski definition) is 4. The number of benzene rings is 1. The van der Waals surface area contributed by atoms with E-state index in [4.69, 9.17) is 5.84 Å². The van der Waals surface area contributed by atoms with Crippen LogP contribution in [0, 0.1) is 0 Å². The lowest BCUT2D eigenvalue weighted by atomic mass is 10.2. The number of amidine groups is 1. The van der Waals surface area contributed by atoms with Crippen molar-refractivity contribution < 1.29 is 8.42 Å². The van der Waals surface area contributed by atoms with Crippen molar-refractivity contribution in [3.63, 3.8) is 0 Å². The minimum absolute atomic E-state index is 0.0413. The Bertz CT molecular complexity index is 547. The first-order valence-corrected chi connectivity index (χ1v) is 6.30. The maximum Gasteiger partial charge on any atom is 0.187 e. The Morgan fingerprint density at radius 2 is 1.94 bits per heavy atom. The van der Waals surface area contributed by atoms with Crippen LogP contribution in [0.4, 0.5) is 0 Å². The molecule has 0 atom stereocenters. The number of nitrogens with two attached hydrogens (primary N) is 1. The maximum absolute atomic E-state index is 11.9. The van der Waals surface area contributed by atoms with Gasteiger partial charge in [-0.2, -0.15) is 5.10 Å². The van der Waals surface area contributed by atoms with E-state index in [1.165, 1.54) is 6.20 Å². The molecule has 84 valence electrons. The lowest BCUT2D eigenvalue weighted by Crippen LogP contribution is -2.36. The first-order valence-electron chi connectivity index (χ1n) is 4.65. The van der Waals surface area contributed by atoms with Gasteiger partial charge in [-0.3, -0.25) is 0 Å². The Balaban J connectivity index is 2.23. The molecule has 0 amide bonds. The lowest BCUT2D eigenvalue weighted by Gasteiger charge is -2.18. The second-order valence-corrected chi connectivity index (χ2v) is 5.33. The van der Waals surface area contributed by atoms with Crippen LogP contribution < -0.4 is 11.2 Å². The van der Waals surface area contributed by atoms with Gasteiger partial charge in [0.1, 0.15) is 4.91 Å². The lowest BCUT2D eigenvalue weighted by molar-refractivity contribution is 0.601. The summed E-state index contributed by atoms with van der Waals surface area (Å²) in [5, 5.41) is 5.96. The molecule has 3 N–H and O–H groups in total. The molecule has 0 spiro atoms. The third-order valence-corrected chi connectivity index (χ3v) is 3.93. The van der Waals surface area contributed by atoms with E-state index >= 15 is 0 Å². The smallest absolute Gasteiger partial charge is 0.187 e. The fourth-order valence-corrected chi connectivity index (χ4v) is 2.84. The van der Waals surface area contributed by atoms with Gasteiger partial charge in [0.2, 0.25) is 0 Å². The molecule has 0 aliphatic carbocycles. The number of hydrazone groups is 1. The summed E-state index contributed by atoms with van der Waals surface area (Å²) < 4.78 is 23.8. The predicted molar refractivity (Wildman–Crippen MR) is 61.9 cm³/mol. The Hall–Kier alpha value is -1.82. The standard InChI is InChI=1S/C10H11N3O2S/c11-13-10-9(6-12-10)16(14,15)7-8-4-2-1-3-5-8/h1-6H,7,11H2,(H,12,13). The van der Waals surface area contributed by atoms with E-state index < -0.39 is 9.84 Å². The molecular formula is C10H11N3O2S. The minimum atomic E-state index is -3.35. The van der Waals surface area contributed by atoms with Crippen LogP contribution in [0.1, 0.15) is 5.56 Å². The summed E-state index contributed by atoms with van der Waals surface area (Å²) in [6.07, 6.45) is 1.39. The van der Waals surface area contributed by atoms with Crippen LogP contribution in [-0.4, -0.2) is 14.3 Å². The summed E-state index contributed by atoms with van der Waals surface area (Å²) in [6, 6.07) is 8.98. The summed E-state index contributed by atoms with van der Waals surface area (Å²) in [4.78, 5) is 0.166. The molecule has 0 aromatic heterocycles. The highest BCUT2D eigenvalue weighted by molar-refractivity contribution is 7.95. The molecule has 0 radical (unpaired) electrons. The van der Waals surface area contributed by atoms with Crippen LogP contribution >= 0.6 is 0 Å². The molecule has 6 heteroatoms. The van der Waals surface area contributed by atoms with Gasteiger partial charge in [0.25, 0.3) is 0 Å². The van der Waals surface area contributed by atoms with Crippen molar-refractivity contribution in [3.05, 3.63) is 47.0 Å². The fraction of sp³-hybridized carbons (Fsp3) is 0.100. The average molecular weight is 237 g/mol. The second-order valence-electron chi connectivity index (χ2n) is 3.38. The minimum Gasteiger partial charge on any atom is -0.343 e. The van der Waals surface area contributed by atoms with E-state index in [1.807, 2.05) is 6.07 Å². The van der Waals surface area contributed by atoms with Gasteiger partial charge >= 0.3 is 0 Å². The van der Waals surface area contributed by atoms with Crippen molar-refractivity contribution in [2.45, 2.75) is 5.75 Å². The van der Waals surface area contributed by atoms with Crippen molar-refractivity contribution in [1.82, 2.24) is 5.32 Å². The van der Waals surface area contributed by atoms with E-state index in [-0.39, 0.29) is 16.5 Å². The largest absolute Gasteiger partial charge is 0.343 e. The van der Waals surface area contributed by atoms with E-state index in [0.717, 1.165) is 5.56 Å². The third-order valence-electron chi connectivity index (χ3n) is 2.24. The summed E-state index contributed by atoms with van der Waals surface area (Å²) in [5.74, 6) is 5.21. The molecule has 0 fully saturated rings. The molecule has 5 nitrogen and oxygen atoms in total. The van der Waals surface area contributed by atoms with Gasteiger partial charge in [0.05, 0.1) is 5.75 Å². The van der Waals surface area contributed by atoms with Gasteiger partial charge in [-0.1, -0.05) is 30.3 Å². The molecule has 0 saturated heterocycles. The number of nitrogens with one attached hydrogen (secondary N) is 1. The molecule has 16 heavy (non-hydrogen) atoms. The van der Waals surface area contributed by atoms with E-state index in [2.05, 4.69) is 10.4 Å². The molecule has 1 aliphatic heterocycles. The van der Waals surface area contributed by atoms with E-state index in [1.54, 1.807) is 24.3 Å². The maximum atomic E-state index is 11.9. The zero-order valence-electron chi connectivity index (χ0n) is 8.42. The highest BCUT2D eigenvalue weighted by Gasteiger charge is 2.28. The van der Waals surface area contributed by atoms with Crippen molar-refractivity contribution in [3.8, 4) is 0 Å². The van der Waals surface area contributed by atoms with Gasteiger partial charge in [-0.15, -0.1) is 0 Å². The average Bonchev–Trinajstić information content (AvgIpc) is 2.16. The van der Waals surface area contributed by atoms with Crippen molar-refractivity contribution >= 4 is 15.7 Å². The van der Waals surface area contributed by atoms with Crippen LogP contribution in [0.25, 0.3) is 0 Å². The number of sulfone groups is 1. The highest BCUT2D eigenvalue weighted by Crippen LogP contribution is 2.18. The van der Waals surface area contributed by atoms with Crippen LogP contribution in [0.5, 0.6) is 0 Å². The first-order chi connectivity index (χ1) is 7.63. The van der Waals surface area contributed by atoms with Crippen LogP contribution in [0.3, 0.4) is 0 Å². The Morgan fingerprint density at radius 1 is 1.25 bits per heavy atom. The molecule has 1 heterocycles. The van der Waals surface area contributed by atoms with Crippen LogP contribution in [-0.2, 0) is 15.6 Å². The zero-order valence-corrected chi connectivity index (χ0v) is 9.24. The topological polar surface area (TPSA) is 84.5 Å². The van der Waals surface area contributed by atoms with Gasteiger partial charge in [-0.25, -0.2) is 8.42 Å². The summed E-state index contributed by atoms with van der Waals surface area (Å²) in [7, 11) is -3.35. The van der Waals surface area contributed by atoms with Crippen LogP contribution in [0.15, 0.2) is 46.5 Å². The quantitative estimate of drug-likeness (QED) is 0.585. The molecular weight excluding hydrogens is 226 g/mol. The normalized spacial score (nSPS) is 17.5. The SMILES string of the molecule is NN=C1NC=C1S(=O)(=O)Cc1ccccc1. The molecule has 1 aliphatic rings. The predicted octanol–water partition coefficient (Wildman–Crippen LogP) is 0.318. The second kappa shape index (κ2) is 3.97. The molecule has 1 aromatic rings. The Labute approximate surface area is 93.6 Å². The third kappa shape index (κ3) is 1.92. The van der Waals surface area contributed by atoms with Crippen molar-refractivity contribution in [2.75, 3.05) is 0 Å². The zero-order chi connectivity index (χ0) is 11.6. The fourth-order valence-electron chi connectivity index (χ4n) is 1.41. The Morgan fingerprint density at radius 3 is 2.44 bits per heavy atom. The number of nitrogens with zero attached hydrogens (tertiary/aromatic N) is 1. The van der Waals surface area contributed by atoms with Gasteiger partial charge in [0, 0.05) is 6.20 Å². The summed E-state index contributed by atoms with van der Waals surface area (Å²) in [5.41, 5.74) is 0.742. The molecule has 0 bridgehead atoms. The molecule has 0 unspecified atom stereocenters. The summed E-state index contributed by atoms with van der Waals surface area (Å²) >= 11 is 0. The van der Waals surface area contributed by atoms with Crippen molar-refractivity contribution in [1.29, 1.82) is 0 Å². The number of hydrogen-bond donors (Lipinski definition) is 2. The molecule has 1 aromatic carbocycles. The first kappa shape index (κ1) is 10.7. The summed E-state index contributed by atoms with van der Waals surface area (Å²) in [6.45, 7) is 0. The monoisotopic (exact) mass is 237 g/mol. The molecule has 0 saturated carbocycles. The van der Waals surface area contributed by atoms with E-state index in [9.17, 15) is 8.42 Å².